The lowest BCUT2D eigenvalue weighted by atomic mass is 10.1. The van der Waals surface area contributed by atoms with Crippen LogP contribution in [0.25, 0.3) is 10.8 Å². The number of ether oxygens (including phenoxy) is 1. The number of aryl methyl sites for hydroxylation is 2. The number of halogens is 2. The largest absolute Gasteiger partial charge is 0.487 e. The fraction of sp³-hybridized carbons (Fsp3) is 0.115. The first-order valence-electron chi connectivity index (χ1n) is 9.71. The Morgan fingerprint density at radius 2 is 1.70 bits per heavy atom. The molecule has 0 spiro atoms. The highest BCUT2D eigenvalue weighted by Gasteiger charge is 2.11. The van der Waals surface area contributed by atoms with Gasteiger partial charge in [-0.25, -0.2) is 0 Å². The van der Waals surface area contributed by atoms with Gasteiger partial charge in [0.15, 0.2) is 0 Å². The van der Waals surface area contributed by atoms with Crippen LogP contribution in [0.3, 0.4) is 0 Å². The van der Waals surface area contributed by atoms with Crippen molar-refractivity contribution in [1.82, 2.24) is 0 Å². The summed E-state index contributed by atoms with van der Waals surface area (Å²) in [5, 5.41) is 2.42. The summed E-state index contributed by atoms with van der Waals surface area (Å²) in [7, 11) is 0. The Kier molecular flexibility index (Phi) is 6.35. The second-order valence-electron chi connectivity index (χ2n) is 7.28. The Bertz CT molecular complexity index is 1240. The van der Waals surface area contributed by atoms with E-state index in [1.54, 1.807) is 0 Å². The van der Waals surface area contributed by atoms with Crippen LogP contribution in [0.5, 0.6) is 5.75 Å². The Morgan fingerprint density at radius 1 is 0.900 bits per heavy atom. The van der Waals surface area contributed by atoms with Crippen LogP contribution >= 0.6 is 31.9 Å². The topological polar surface area (TPSA) is 21.6 Å². The van der Waals surface area contributed by atoms with Crippen molar-refractivity contribution in [2.75, 3.05) is 0 Å². The summed E-state index contributed by atoms with van der Waals surface area (Å²) in [5.41, 5.74) is 5.36. The summed E-state index contributed by atoms with van der Waals surface area (Å²) in [5.74, 6) is 0.778. The highest BCUT2D eigenvalue weighted by atomic mass is 79.9. The Hall–Kier alpha value is -2.43. The molecule has 0 aliphatic heterocycles. The molecule has 30 heavy (non-hydrogen) atoms. The van der Waals surface area contributed by atoms with Crippen molar-refractivity contribution in [1.29, 1.82) is 0 Å². The minimum atomic E-state index is 0.478. The maximum absolute atomic E-state index is 6.30. The van der Waals surface area contributed by atoms with Gasteiger partial charge in [-0.15, -0.1) is 0 Å². The van der Waals surface area contributed by atoms with Crippen molar-refractivity contribution in [3.63, 3.8) is 0 Å². The van der Waals surface area contributed by atoms with Gasteiger partial charge in [0, 0.05) is 16.3 Å². The molecule has 4 rings (SSSR count). The van der Waals surface area contributed by atoms with Gasteiger partial charge in [-0.3, -0.25) is 4.99 Å². The summed E-state index contributed by atoms with van der Waals surface area (Å²) in [6.45, 7) is 4.62. The molecular weight excluding hydrogens is 502 g/mol. The van der Waals surface area contributed by atoms with Crippen LogP contribution in [0.4, 0.5) is 5.69 Å². The molecule has 4 aromatic rings. The van der Waals surface area contributed by atoms with Crippen LogP contribution in [0.15, 0.2) is 86.7 Å². The number of nitrogens with zero attached hydrogens (tertiary/aromatic N) is 1. The van der Waals surface area contributed by atoms with Gasteiger partial charge in [0.1, 0.15) is 12.4 Å². The predicted octanol–water partition coefficient (Wildman–Crippen LogP) is 8.31. The lowest BCUT2D eigenvalue weighted by Gasteiger charge is -2.13. The van der Waals surface area contributed by atoms with Crippen molar-refractivity contribution >= 4 is 54.5 Å². The van der Waals surface area contributed by atoms with Crippen molar-refractivity contribution in [3.05, 3.63) is 104 Å². The first-order valence-corrected chi connectivity index (χ1v) is 11.3. The van der Waals surface area contributed by atoms with Crippen LogP contribution in [0, 0.1) is 13.8 Å². The molecule has 0 saturated carbocycles. The zero-order chi connectivity index (χ0) is 21.1. The van der Waals surface area contributed by atoms with E-state index in [0.717, 1.165) is 37.1 Å². The molecule has 0 aromatic heterocycles. The van der Waals surface area contributed by atoms with E-state index < -0.39 is 0 Å². The summed E-state index contributed by atoms with van der Waals surface area (Å²) >= 11 is 7.24. The van der Waals surface area contributed by atoms with Gasteiger partial charge < -0.3 is 4.74 Å². The van der Waals surface area contributed by atoms with Crippen LogP contribution in [-0.2, 0) is 6.61 Å². The van der Waals surface area contributed by atoms with Crippen LogP contribution in [0.2, 0.25) is 0 Å². The van der Waals surface area contributed by atoms with E-state index >= 15 is 0 Å². The Morgan fingerprint density at radius 3 is 2.57 bits per heavy atom. The van der Waals surface area contributed by atoms with E-state index in [1.807, 2.05) is 18.3 Å². The maximum atomic E-state index is 6.30. The average Bonchev–Trinajstić information content (AvgIpc) is 2.73. The van der Waals surface area contributed by atoms with Gasteiger partial charge >= 0.3 is 0 Å². The van der Waals surface area contributed by atoms with Crippen molar-refractivity contribution < 1.29 is 4.74 Å². The molecule has 4 heteroatoms. The molecule has 0 amide bonds. The van der Waals surface area contributed by atoms with Gasteiger partial charge in [-0.05, 0) is 75.4 Å². The van der Waals surface area contributed by atoms with Crippen LogP contribution in [0.1, 0.15) is 22.3 Å². The average molecular weight is 523 g/mol. The summed E-state index contributed by atoms with van der Waals surface area (Å²) in [6, 6.07) is 25.0. The highest BCUT2D eigenvalue weighted by Crippen LogP contribution is 2.34. The summed E-state index contributed by atoms with van der Waals surface area (Å²) in [6.07, 6.45) is 1.87. The first-order chi connectivity index (χ1) is 14.5. The third-order valence-corrected chi connectivity index (χ3v) is 6.04. The van der Waals surface area contributed by atoms with E-state index in [2.05, 4.69) is 106 Å². The molecule has 0 bridgehead atoms. The van der Waals surface area contributed by atoms with Gasteiger partial charge in [0.25, 0.3) is 0 Å². The van der Waals surface area contributed by atoms with Gasteiger partial charge in [0.05, 0.1) is 10.2 Å². The molecular formula is C26H21Br2NO. The van der Waals surface area contributed by atoms with Gasteiger partial charge in [0.2, 0.25) is 0 Å². The fourth-order valence-corrected chi connectivity index (χ4v) is 4.77. The molecule has 0 radical (unpaired) electrons. The molecule has 0 fully saturated rings. The number of hydrogen-bond donors (Lipinski definition) is 0. The number of aliphatic imine (C=N–C) groups is 1. The smallest absolute Gasteiger partial charge is 0.142 e. The first kappa shape index (κ1) is 20.8. The fourth-order valence-electron chi connectivity index (χ4n) is 3.39. The second kappa shape index (κ2) is 9.15. The quantitative estimate of drug-likeness (QED) is 0.241. The maximum Gasteiger partial charge on any atom is 0.142 e. The van der Waals surface area contributed by atoms with Crippen molar-refractivity contribution in [2.45, 2.75) is 20.5 Å². The monoisotopic (exact) mass is 521 g/mol. The number of benzene rings is 4. The Labute approximate surface area is 193 Å². The molecule has 4 aromatic carbocycles. The van der Waals surface area contributed by atoms with Gasteiger partial charge in [-0.2, -0.15) is 0 Å². The SMILES string of the molecule is Cc1ccc(C)c(N=Cc2cc(Br)cc(Br)c2OCc2cccc3ccccc23)c1. The zero-order valence-electron chi connectivity index (χ0n) is 16.8. The Balaban J connectivity index is 1.66. The molecule has 0 aliphatic carbocycles. The lowest BCUT2D eigenvalue weighted by molar-refractivity contribution is 0.305. The van der Waals surface area contributed by atoms with Crippen molar-refractivity contribution in [2.24, 2.45) is 4.99 Å². The van der Waals surface area contributed by atoms with Crippen LogP contribution < -0.4 is 4.74 Å². The molecule has 0 N–H and O–H groups in total. The van der Waals surface area contributed by atoms with E-state index in [9.17, 15) is 0 Å². The number of hydrogen-bond acceptors (Lipinski definition) is 2. The molecule has 0 heterocycles. The molecule has 2 nitrogen and oxygen atoms in total. The number of fused-ring (bicyclic) bond motifs is 1. The van der Waals surface area contributed by atoms with E-state index in [4.69, 9.17) is 9.73 Å². The lowest BCUT2D eigenvalue weighted by Crippen LogP contribution is -2.00. The zero-order valence-corrected chi connectivity index (χ0v) is 20.0. The van der Waals surface area contributed by atoms with Gasteiger partial charge in [-0.1, -0.05) is 70.5 Å². The minimum Gasteiger partial charge on any atom is -0.487 e. The van der Waals surface area contributed by atoms with E-state index in [1.165, 1.54) is 16.3 Å². The molecule has 0 aliphatic rings. The minimum absolute atomic E-state index is 0.478. The number of rotatable bonds is 5. The normalized spacial score (nSPS) is 11.3. The predicted molar refractivity (Wildman–Crippen MR) is 133 cm³/mol. The van der Waals surface area contributed by atoms with E-state index in [-0.39, 0.29) is 0 Å². The molecule has 150 valence electrons. The van der Waals surface area contributed by atoms with E-state index in [0.29, 0.717) is 6.61 Å². The third kappa shape index (κ3) is 4.66. The summed E-state index contributed by atoms with van der Waals surface area (Å²) in [4.78, 5) is 4.74. The third-order valence-electron chi connectivity index (χ3n) is 5.00. The second-order valence-corrected chi connectivity index (χ2v) is 9.05. The highest BCUT2D eigenvalue weighted by molar-refractivity contribution is 9.11. The standard InChI is InChI=1S/C26H21Br2NO/c1-17-10-11-18(2)25(12-17)29-15-21-13-22(27)14-24(28)26(21)30-16-20-8-5-7-19-6-3-4-9-23(19)20/h3-15H,16H2,1-2H3. The molecule has 0 saturated heterocycles. The van der Waals surface area contributed by atoms with Crippen LogP contribution in [-0.4, -0.2) is 6.21 Å². The molecule has 0 unspecified atom stereocenters. The summed E-state index contributed by atoms with van der Waals surface area (Å²) < 4.78 is 8.16. The van der Waals surface area contributed by atoms with Crippen molar-refractivity contribution in [3.8, 4) is 5.75 Å². The molecule has 0 atom stereocenters.